The van der Waals surface area contributed by atoms with Gasteiger partial charge in [0.15, 0.2) is 5.82 Å². The van der Waals surface area contributed by atoms with Gasteiger partial charge in [0.2, 0.25) is 0 Å². The van der Waals surface area contributed by atoms with E-state index in [0.29, 0.717) is 5.92 Å². The highest BCUT2D eigenvalue weighted by Crippen LogP contribution is 2.13. The third-order valence-electron chi connectivity index (χ3n) is 2.07. The summed E-state index contributed by atoms with van der Waals surface area (Å²) in [6.07, 6.45) is 7.09. The number of aromatic nitrogens is 4. The van der Waals surface area contributed by atoms with E-state index in [9.17, 15) is 0 Å². The van der Waals surface area contributed by atoms with Crippen molar-refractivity contribution in [3.05, 3.63) is 36.5 Å². The van der Waals surface area contributed by atoms with Crippen molar-refractivity contribution >= 4 is 0 Å². The smallest absolute Gasteiger partial charge is 0.156 e. The maximum absolute atomic E-state index is 4.23. The highest BCUT2D eigenvalue weighted by Gasteiger charge is 2.04. The predicted molar refractivity (Wildman–Crippen MR) is 53.2 cm³/mol. The van der Waals surface area contributed by atoms with E-state index < -0.39 is 0 Å². The standard InChI is InChI=1S/C10H12N4/c1-8(2)9-5-13-14(6-9)10-3-4-11-7-12-10/h3-8H,1-2H3. The Balaban J connectivity index is 2.34. The van der Waals surface area contributed by atoms with Crippen LogP contribution in [0.1, 0.15) is 25.3 Å². The lowest BCUT2D eigenvalue weighted by Gasteiger charge is -1.99. The fourth-order valence-corrected chi connectivity index (χ4v) is 1.18. The summed E-state index contributed by atoms with van der Waals surface area (Å²) in [7, 11) is 0. The monoisotopic (exact) mass is 188 g/mol. The van der Waals surface area contributed by atoms with E-state index in [1.54, 1.807) is 10.9 Å². The van der Waals surface area contributed by atoms with Gasteiger partial charge in [-0.3, -0.25) is 0 Å². The molecule has 0 saturated carbocycles. The highest BCUT2D eigenvalue weighted by atomic mass is 15.3. The molecular formula is C10H12N4. The molecule has 0 amide bonds. The second-order valence-electron chi connectivity index (χ2n) is 3.44. The van der Waals surface area contributed by atoms with Crippen LogP contribution in [0.15, 0.2) is 31.0 Å². The molecule has 0 saturated heterocycles. The summed E-state index contributed by atoms with van der Waals surface area (Å²) in [4.78, 5) is 7.97. The van der Waals surface area contributed by atoms with Gasteiger partial charge < -0.3 is 0 Å². The maximum Gasteiger partial charge on any atom is 0.156 e. The fraction of sp³-hybridized carbons (Fsp3) is 0.300. The summed E-state index contributed by atoms with van der Waals surface area (Å²) < 4.78 is 1.76. The van der Waals surface area contributed by atoms with Crippen LogP contribution in [0.3, 0.4) is 0 Å². The lowest BCUT2D eigenvalue weighted by atomic mass is 10.1. The van der Waals surface area contributed by atoms with E-state index in [1.165, 1.54) is 11.9 Å². The molecule has 4 nitrogen and oxygen atoms in total. The second kappa shape index (κ2) is 3.57. The Kier molecular flexibility index (Phi) is 2.26. The summed E-state index contributed by atoms with van der Waals surface area (Å²) in [6, 6.07) is 1.83. The fourth-order valence-electron chi connectivity index (χ4n) is 1.18. The van der Waals surface area contributed by atoms with Crippen LogP contribution in [0.2, 0.25) is 0 Å². The van der Waals surface area contributed by atoms with E-state index >= 15 is 0 Å². The van der Waals surface area contributed by atoms with Gasteiger partial charge >= 0.3 is 0 Å². The van der Waals surface area contributed by atoms with Crippen molar-refractivity contribution in [2.24, 2.45) is 0 Å². The van der Waals surface area contributed by atoms with Crippen LogP contribution in [0.4, 0.5) is 0 Å². The van der Waals surface area contributed by atoms with Gasteiger partial charge in [0, 0.05) is 18.5 Å². The summed E-state index contributed by atoms with van der Waals surface area (Å²) in [6.45, 7) is 4.28. The van der Waals surface area contributed by atoms with Crippen LogP contribution in [-0.4, -0.2) is 19.7 Å². The van der Waals surface area contributed by atoms with Gasteiger partial charge in [-0.05, 0) is 11.5 Å². The minimum Gasteiger partial charge on any atom is -0.245 e. The number of nitrogens with zero attached hydrogens (tertiary/aromatic N) is 4. The SMILES string of the molecule is CC(C)c1cnn(-c2ccncn2)c1. The van der Waals surface area contributed by atoms with Crippen molar-refractivity contribution < 1.29 is 0 Å². The molecule has 0 aromatic carbocycles. The molecule has 0 aliphatic carbocycles. The summed E-state index contributed by atoms with van der Waals surface area (Å²) in [5.74, 6) is 1.29. The van der Waals surface area contributed by atoms with Crippen LogP contribution >= 0.6 is 0 Å². The van der Waals surface area contributed by atoms with Crippen molar-refractivity contribution in [3.63, 3.8) is 0 Å². The van der Waals surface area contributed by atoms with Crippen LogP contribution in [0, 0.1) is 0 Å². The van der Waals surface area contributed by atoms with Crippen molar-refractivity contribution in [2.45, 2.75) is 19.8 Å². The van der Waals surface area contributed by atoms with Crippen LogP contribution in [0.5, 0.6) is 0 Å². The Morgan fingerprint density at radius 2 is 2.21 bits per heavy atom. The molecule has 2 aromatic heterocycles. The topological polar surface area (TPSA) is 43.6 Å². The normalized spacial score (nSPS) is 10.8. The average Bonchev–Trinajstić information content (AvgIpc) is 2.68. The first-order valence-corrected chi connectivity index (χ1v) is 4.58. The summed E-state index contributed by atoms with van der Waals surface area (Å²) in [5, 5.41) is 4.23. The third-order valence-corrected chi connectivity index (χ3v) is 2.07. The first kappa shape index (κ1) is 8.87. The first-order chi connectivity index (χ1) is 6.77. The zero-order chi connectivity index (χ0) is 9.97. The molecule has 2 rings (SSSR count). The Morgan fingerprint density at radius 3 is 2.79 bits per heavy atom. The van der Waals surface area contributed by atoms with Gasteiger partial charge in [0.25, 0.3) is 0 Å². The number of rotatable bonds is 2. The minimum atomic E-state index is 0.491. The molecule has 0 fully saturated rings. The van der Waals surface area contributed by atoms with Crippen molar-refractivity contribution in [1.29, 1.82) is 0 Å². The van der Waals surface area contributed by atoms with E-state index in [0.717, 1.165) is 5.82 Å². The van der Waals surface area contributed by atoms with Gasteiger partial charge in [-0.15, -0.1) is 0 Å². The molecule has 4 heteroatoms. The predicted octanol–water partition coefficient (Wildman–Crippen LogP) is 1.79. The minimum absolute atomic E-state index is 0.491. The molecule has 2 aromatic rings. The molecule has 0 unspecified atom stereocenters. The van der Waals surface area contributed by atoms with Crippen molar-refractivity contribution in [2.75, 3.05) is 0 Å². The Labute approximate surface area is 82.6 Å². The number of hydrogen-bond acceptors (Lipinski definition) is 3. The molecule has 0 bridgehead atoms. The largest absolute Gasteiger partial charge is 0.245 e. The van der Waals surface area contributed by atoms with E-state index in [-0.39, 0.29) is 0 Å². The van der Waals surface area contributed by atoms with Gasteiger partial charge in [-0.1, -0.05) is 13.8 Å². The van der Waals surface area contributed by atoms with E-state index in [2.05, 4.69) is 28.9 Å². The molecule has 0 N–H and O–H groups in total. The molecule has 2 heterocycles. The lowest BCUT2D eigenvalue weighted by Crippen LogP contribution is -1.97. The van der Waals surface area contributed by atoms with Crippen LogP contribution in [0.25, 0.3) is 5.82 Å². The summed E-state index contributed by atoms with van der Waals surface area (Å²) >= 11 is 0. The Bertz CT molecular complexity index is 405. The average molecular weight is 188 g/mol. The molecule has 72 valence electrons. The number of hydrogen-bond donors (Lipinski definition) is 0. The van der Waals surface area contributed by atoms with E-state index in [4.69, 9.17) is 0 Å². The van der Waals surface area contributed by atoms with Crippen LogP contribution in [-0.2, 0) is 0 Å². The molecule has 14 heavy (non-hydrogen) atoms. The second-order valence-corrected chi connectivity index (χ2v) is 3.44. The Morgan fingerprint density at radius 1 is 1.36 bits per heavy atom. The highest BCUT2D eigenvalue weighted by molar-refractivity contribution is 5.21. The first-order valence-electron chi connectivity index (χ1n) is 4.58. The van der Waals surface area contributed by atoms with Crippen molar-refractivity contribution in [3.8, 4) is 5.82 Å². The Hall–Kier alpha value is -1.71. The maximum atomic E-state index is 4.23. The molecule has 0 radical (unpaired) electrons. The molecular weight excluding hydrogens is 176 g/mol. The zero-order valence-corrected chi connectivity index (χ0v) is 8.25. The van der Waals surface area contributed by atoms with E-state index in [1.807, 2.05) is 18.5 Å². The van der Waals surface area contributed by atoms with Crippen molar-refractivity contribution in [1.82, 2.24) is 19.7 Å². The molecule has 0 atom stereocenters. The lowest BCUT2D eigenvalue weighted by molar-refractivity contribution is 0.833. The van der Waals surface area contributed by atoms with Gasteiger partial charge in [0.05, 0.1) is 6.20 Å². The molecule has 0 aliphatic heterocycles. The summed E-state index contributed by atoms with van der Waals surface area (Å²) in [5.41, 5.74) is 1.21. The molecule has 0 spiro atoms. The van der Waals surface area contributed by atoms with Gasteiger partial charge in [-0.25, -0.2) is 14.6 Å². The quantitative estimate of drug-likeness (QED) is 0.721. The zero-order valence-electron chi connectivity index (χ0n) is 8.25. The van der Waals surface area contributed by atoms with Gasteiger partial charge in [-0.2, -0.15) is 5.10 Å². The van der Waals surface area contributed by atoms with Crippen LogP contribution < -0.4 is 0 Å². The third kappa shape index (κ3) is 1.64. The van der Waals surface area contributed by atoms with Gasteiger partial charge in [0.1, 0.15) is 6.33 Å². The molecule has 0 aliphatic rings.